The fourth-order valence-electron chi connectivity index (χ4n) is 1.58. The zero-order valence-corrected chi connectivity index (χ0v) is 12.0. The Morgan fingerprint density at radius 3 is 2.72 bits per heavy atom. The number of ether oxygens (including phenoxy) is 1. The van der Waals surface area contributed by atoms with Crippen LogP contribution in [0.2, 0.25) is 0 Å². The first-order chi connectivity index (χ1) is 8.69. The fourth-order valence-corrected chi connectivity index (χ4v) is 2.12. The molecule has 0 aliphatic carbocycles. The van der Waals surface area contributed by atoms with Crippen LogP contribution in [-0.2, 0) is 6.54 Å². The summed E-state index contributed by atoms with van der Waals surface area (Å²) in [5.41, 5.74) is 3.24. The van der Waals surface area contributed by atoms with Gasteiger partial charge in [-0.3, -0.25) is 4.98 Å². The summed E-state index contributed by atoms with van der Waals surface area (Å²) in [4.78, 5) is 4.27. The Labute approximate surface area is 115 Å². The lowest BCUT2D eigenvalue weighted by Gasteiger charge is -2.09. The molecule has 0 radical (unpaired) electrons. The molecular weight excluding hydrogens is 292 g/mol. The highest BCUT2D eigenvalue weighted by Crippen LogP contribution is 2.27. The van der Waals surface area contributed by atoms with Crippen molar-refractivity contribution in [3.8, 4) is 5.75 Å². The van der Waals surface area contributed by atoms with E-state index >= 15 is 0 Å². The van der Waals surface area contributed by atoms with E-state index in [1.807, 2.05) is 37.4 Å². The molecule has 1 heterocycles. The number of rotatable bonds is 4. The van der Waals surface area contributed by atoms with Crippen molar-refractivity contribution in [3.63, 3.8) is 0 Å². The predicted molar refractivity (Wildman–Crippen MR) is 77.0 cm³/mol. The number of halogens is 1. The Bertz CT molecular complexity index is 526. The van der Waals surface area contributed by atoms with Gasteiger partial charge in [0.2, 0.25) is 0 Å². The molecule has 1 aromatic heterocycles. The summed E-state index contributed by atoms with van der Waals surface area (Å²) >= 11 is 3.47. The maximum Gasteiger partial charge on any atom is 0.133 e. The highest BCUT2D eigenvalue weighted by Gasteiger charge is 2.01. The standard InChI is InChI=1S/C14H15BrN2O/c1-10-3-4-11(8-16-10)9-17-12-5-6-14(18-2)13(15)7-12/h3-8,17H,9H2,1-2H3. The average molecular weight is 307 g/mol. The third-order valence-electron chi connectivity index (χ3n) is 2.62. The van der Waals surface area contributed by atoms with Gasteiger partial charge in [0.25, 0.3) is 0 Å². The zero-order valence-electron chi connectivity index (χ0n) is 10.4. The number of hydrogen-bond acceptors (Lipinski definition) is 3. The van der Waals surface area contributed by atoms with Crippen molar-refractivity contribution in [2.45, 2.75) is 13.5 Å². The van der Waals surface area contributed by atoms with Crippen LogP contribution in [0.1, 0.15) is 11.3 Å². The molecule has 2 aromatic rings. The number of nitrogens with one attached hydrogen (secondary N) is 1. The Balaban J connectivity index is 2.02. The number of pyridine rings is 1. The molecule has 0 unspecified atom stereocenters. The number of hydrogen-bond donors (Lipinski definition) is 1. The predicted octanol–water partition coefficient (Wildman–Crippen LogP) is 3.77. The van der Waals surface area contributed by atoms with Crippen LogP contribution in [0.3, 0.4) is 0 Å². The minimum absolute atomic E-state index is 0.756. The molecule has 0 fully saturated rings. The minimum Gasteiger partial charge on any atom is -0.496 e. The smallest absolute Gasteiger partial charge is 0.133 e. The third-order valence-corrected chi connectivity index (χ3v) is 3.24. The van der Waals surface area contributed by atoms with E-state index in [1.54, 1.807) is 7.11 Å². The molecule has 2 rings (SSSR count). The molecule has 0 amide bonds. The van der Waals surface area contributed by atoms with Crippen LogP contribution in [0.15, 0.2) is 41.0 Å². The largest absolute Gasteiger partial charge is 0.496 e. The molecule has 0 aliphatic rings. The van der Waals surface area contributed by atoms with Gasteiger partial charge < -0.3 is 10.1 Å². The van der Waals surface area contributed by atoms with Crippen molar-refractivity contribution >= 4 is 21.6 Å². The second-order valence-corrected chi connectivity index (χ2v) is 4.87. The van der Waals surface area contributed by atoms with E-state index in [4.69, 9.17) is 4.74 Å². The molecule has 0 bridgehead atoms. The number of aromatic nitrogens is 1. The van der Waals surface area contributed by atoms with Crippen LogP contribution in [-0.4, -0.2) is 12.1 Å². The summed E-state index contributed by atoms with van der Waals surface area (Å²) in [7, 11) is 1.66. The normalized spacial score (nSPS) is 10.2. The second-order valence-electron chi connectivity index (χ2n) is 4.01. The van der Waals surface area contributed by atoms with E-state index in [0.717, 1.165) is 33.7 Å². The molecular formula is C14H15BrN2O. The summed E-state index contributed by atoms with van der Waals surface area (Å²) in [5, 5.41) is 3.35. The van der Waals surface area contributed by atoms with Gasteiger partial charge in [-0.15, -0.1) is 0 Å². The molecule has 94 valence electrons. The first-order valence-corrected chi connectivity index (χ1v) is 6.47. The van der Waals surface area contributed by atoms with Gasteiger partial charge in [0.15, 0.2) is 0 Å². The Kier molecular flexibility index (Phi) is 4.20. The van der Waals surface area contributed by atoms with Crippen molar-refractivity contribution in [3.05, 3.63) is 52.3 Å². The van der Waals surface area contributed by atoms with Gasteiger partial charge in [0.1, 0.15) is 5.75 Å². The molecule has 4 heteroatoms. The maximum atomic E-state index is 5.19. The van der Waals surface area contributed by atoms with Gasteiger partial charge in [-0.1, -0.05) is 6.07 Å². The van der Waals surface area contributed by atoms with Gasteiger partial charge in [-0.05, 0) is 52.7 Å². The number of aryl methyl sites for hydroxylation is 1. The van der Waals surface area contributed by atoms with E-state index < -0.39 is 0 Å². The van der Waals surface area contributed by atoms with Crippen molar-refractivity contribution < 1.29 is 4.74 Å². The van der Waals surface area contributed by atoms with Crippen molar-refractivity contribution in [2.75, 3.05) is 12.4 Å². The van der Waals surface area contributed by atoms with Crippen LogP contribution in [0.4, 0.5) is 5.69 Å². The van der Waals surface area contributed by atoms with Crippen LogP contribution in [0.25, 0.3) is 0 Å². The lowest BCUT2D eigenvalue weighted by atomic mass is 10.2. The molecule has 3 nitrogen and oxygen atoms in total. The average Bonchev–Trinajstić information content (AvgIpc) is 2.38. The minimum atomic E-state index is 0.756. The molecule has 0 spiro atoms. The highest BCUT2D eigenvalue weighted by molar-refractivity contribution is 9.10. The monoisotopic (exact) mass is 306 g/mol. The van der Waals surface area contributed by atoms with Crippen LogP contribution in [0.5, 0.6) is 5.75 Å². The Morgan fingerprint density at radius 2 is 2.11 bits per heavy atom. The fraction of sp³-hybridized carbons (Fsp3) is 0.214. The van der Waals surface area contributed by atoms with Gasteiger partial charge in [-0.2, -0.15) is 0 Å². The van der Waals surface area contributed by atoms with Gasteiger partial charge in [0.05, 0.1) is 11.6 Å². The van der Waals surface area contributed by atoms with E-state index in [2.05, 4.69) is 32.3 Å². The van der Waals surface area contributed by atoms with Crippen molar-refractivity contribution in [1.82, 2.24) is 4.98 Å². The van der Waals surface area contributed by atoms with Crippen molar-refractivity contribution in [2.24, 2.45) is 0 Å². The summed E-state index contributed by atoms with van der Waals surface area (Å²) in [6.45, 7) is 2.74. The van der Waals surface area contributed by atoms with E-state index in [9.17, 15) is 0 Å². The summed E-state index contributed by atoms with van der Waals surface area (Å²) < 4.78 is 6.13. The SMILES string of the molecule is COc1ccc(NCc2ccc(C)nc2)cc1Br. The number of anilines is 1. The topological polar surface area (TPSA) is 34.1 Å². The van der Waals surface area contributed by atoms with E-state index in [0.29, 0.717) is 0 Å². The molecule has 1 N–H and O–H groups in total. The van der Waals surface area contributed by atoms with Crippen LogP contribution >= 0.6 is 15.9 Å². The molecule has 0 saturated carbocycles. The Hall–Kier alpha value is -1.55. The molecule has 0 saturated heterocycles. The summed E-state index contributed by atoms with van der Waals surface area (Å²) in [6, 6.07) is 10.0. The van der Waals surface area contributed by atoms with Gasteiger partial charge >= 0.3 is 0 Å². The molecule has 1 aromatic carbocycles. The molecule has 0 atom stereocenters. The molecule has 0 aliphatic heterocycles. The third kappa shape index (κ3) is 3.23. The number of benzene rings is 1. The zero-order chi connectivity index (χ0) is 13.0. The van der Waals surface area contributed by atoms with Gasteiger partial charge in [-0.25, -0.2) is 0 Å². The lowest BCUT2D eigenvalue weighted by Crippen LogP contribution is -2.00. The van der Waals surface area contributed by atoms with Crippen LogP contribution in [0, 0.1) is 6.92 Å². The van der Waals surface area contributed by atoms with E-state index in [1.165, 1.54) is 0 Å². The first-order valence-electron chi connectivity index (χ1n) is 5.68. The molecule has 18 heavy (non-hydrogen) atoms. The second kappa shape index (κ2) is 5.87. The van der Waals surface area contributed by atoms with Crippen LogP contribution < -0.4 is 10.1 Å². The highest BCUT2D eigenvalue weighted by atomic mass is 79.9. The summed E-state index contributed by atoms with van der Waals surface area (Å²) in [6.07, 6.45) is 1.89. The lowest BCUT2D eigenvalue weighted by molar-refractivity contribution is 0.412. The number of methoxy groups -OCH3 is 1. The Morgan fingerprint density at radius 1 is 1.28 bits per heavy atom. The van der Waals surface area contributed by atoms with Crippen molar-refractivity contribution in [1.29, 1.82) is 0 Å². The maximum absolute atomic E-state index is 5.19. The first kappa shape index (κ1) is 12.9. The van der Waals surface area contributed by atoms with Gasteiger partial charge in [0, 0.05) is 24.1 Å². The number of nitrogens with zero attached hydrogens (tertiary/aromatic N) is 1. The summed E-state index contributed by atoms with van der Waals surface area (Å²) in [5.74, 6) is 0.831. The van der Waals surface area contributed by atoms with E-state index in [-0.39, 0.29) is 0 Å². The quantitative estimate of drug-likeness (QED) is 0.933.